The number of nitrogens with one attached hydrogen (secondary N) is 2. The van der Waals surface area contributed by atoms with Gasteiger partial charge in [-0.05, 0) is 24.8 Å². The second-order valence-corrected chi connectivity index (χ2v) is 6.45. The van der Waals surface area contributed by atoms with Crippen LogP contribution in [0.3, 0.4) is 0 Å². The number of thioether (sulfide) groups is 1. The molecule has 102 valence electrons. The van der Waals surface area contributed by atoms with Gasteiger partial charge in [-0.15, -0.1) is 0 Å². The monoisotopic (exact) mass is 289 g/mol. The third-order valence-corrected chi connectivity index (χ3v) is 4.26. The van der Waals surface area contributed by atoms with Crippen LogP contribution in [0.5, 0.6) is 0 Å². The van der Waals surface area contributed by atoms with E-state index in [0.717, 1.165) is 18.7 Å². The van der Waals surface area contributed by atoms with Crippen molar-refractivity contribution in [2.24, 2.45) is 0 Å². The smallest absolute Gasteiger partial charge is 0.242 e. The largest absolute Gasteiger partial charge is 0.370 e. The SMILES string of the molecule is CCCNc1ccc(S(=O)(=O)NCCSC)cn1. The highest BCUT2D eigenvalue weighted by Crippen LogP contribution is 2.10. The highest BCUT2D eigenvalue weighted by molar-refractivity contribution is 7.98. The van der Waals surface area contributed by atoms with E-state index in [1.807, 2.05) is 6.26 Å². The van der Waals surface area contributed by atoms with Gasteiger partial charge in [0.25, 0.3) is 0 Å². The standard InChI is InChI=1S/C11H19N3O2S2/c1-3-6-12-11-5-4-10(9-13-11)18(15,16)14-7-8-17-2/h4-5,9,14H,3,6-8H2,1-2H3,(H,12,13). The molecule has 0 aromatic carbocycles. The van der Waals surface area contributed by atoms with Crippen molar-refractivity contribution in [2.75, 3.05) is 30.4 Å². The number of sulfonamides is 1. The lowest BCUT2D eigenvalue weighted by atomic mass is 10.4. The van der Waals surface area contributed by atoms with Gasteiger partial charge in [-0.2, -0.15) is 11.8 Å². The first kappa shape index (κ1) is 15.3. The van der Waals surface area contributed by atoms with E-state index in [-0.39, 0.29) is 4.90 Å². The van der Waals surface area contributed by atoms with Crippen molar-refractivity contribution in [3.8, 4) is 0 Å². The summed E-state index contributed by atoms with van der Waals surface area (Å²) in [6.07, 6.45) is 4.31. The van der Waals surface area contributed by atoms with E-state index in [9.17, 15) is 8.42 Å². The number of aromatic nitrogens is 1. The van der Waals surface area contributed by atoms with Gasteiger partial charge in [0.05, 0.1) is 0 Å². The number of hydrogen-bond donors (Lipinski definition) is 2. The van der Waals surface area contributed by atoms with Crippen LogP contribution in [0.1, 0.15) is 13.3 Å². The van der Waals surface area contributed by atoms with Crippen LogP contribution in [-0.4, -0.2) is 38.5 Å². The predicted octanol–water partition coefficient (Wildman–Crippen LogP) is 1.54. The molecule has 0 aliphatic carbocycles. The first-order valence-corrected chi connectivity index (χ1v) is 8.66. The molecule has 0 aliphatic heterocycles. The molecule has 1 heterocycles. The maximum Gasteiger partial charge on any atom is 0.242 e. The second-order valence-electron chi connectivity index (χ2n) is 3.70. The van der Waals surface area contributed by atoms with Crippen LogP contribution in [0.15, 0.2) is 23.2 Å². The molecule has 0 saturated carbocycles. The summed E-state index contributed by atoms with van der Waals surface area (Å²) in [6, 6.07) is 3.24. The third-order valence-electron chi connectivity index (χ3n) is 2.20. The number of anilines is 1. The summed E-state index contributed by atoms with van der Waals surface area (Å²) in [7, 11) is -3.42. The summed E-state index contributed by atoms with van der Waals surface area (Å²) >= 11 is 1.60. The van der Waals surface area contributed by atoms with E-state index >= 15 is 0 Å². The zero-order chi connectivity index (χ0) is 13.4. The van der Waals surface area contributed by atoms with Crippen molar-refractivity contribution in [3.63, 3.8) is 0 Å². The van der Waals surface area contributed by atoms with E-state index in [1.165, 1.54) is 6.20 Å². The highest BCUT2D eigenvalue weighted by atomic mass is 32.2. The van der Waals surface area contributed by atoms with Crippen LogP contribution in [0.2, 0.25) is 0 Å². The van der Waals surface area contributed by atoms with Gasteiger partial charge in [0.15, 0.2) is 0 Å². The van der Waals surface area contributed by atoms with Crippen LogP contribution in [-0.2, 0) is 10.0 Å². The summed E-state index contributed by atoms with van der Waals surface area (Å²) in [4.78, 5) is 4.27. The van der Waals surface area contributed by atoms with Crippen LogP contribution in [0.4, 0.5) is 5.82 Å². The Bertz CT molecular complexity index is 446. The van der Waals surface area contributed by atoms with Crippen LogP contribution < -0.4 is 10.0 Å². The van der Waals surface area contributed by atoms with Gasteiger partial charge in [-0.25, -0.2) is 18.1 Å². The van der Waals surface area contributed by atoms with Gasteiger partial charge >= 0.3 is 0 Å². The van der Waals surface area contributed by atoms with E-state index in [0.29, 0.717) is 12.4 Å². The van der Waals surface area contributed by atoms with Gasteiger partial charge < -0.3 is 5.32 Å². The molecule has 0 radical (unpaired) electrons. The van der Waals surface area contributed by atoms with Crippen molar-refractivity contribution in [1.29, 1.82) is 0 Å². The second kappa shape index (κ2) is 7.60. The molecule has 0 spiro atoms. The molecular formula is C11H19N3O2S2. The van der Waals surface area contributed by atoms with Crippen molar-refractivity contribution in [3.05, 3.63) is 18.3 Å². The lowest BCUT2D eigenvalue weighted by molar-refractivity contribution is 0.584. The topological polar surface area (TPSA) is 71.1 Å². The average Bonchev–Trinajstić information content (AvgIpc) is 2.37. The summed E-state index contributed by atoms with van der Waals surface area (Å²) < 4.78 is 26.2. The molecule has 1 rings (SSSR count). The van der Waals surface area contributed by atoms with Crippen molar-refractivity contribution >= 4 is 27.6 Å². The Hall–Kier alpha value is -0.790. The van der Waals surface area contributed by atoms with Crippen molar-refractivity contribution < 1.29 is 8.42 Å². The molecule has 5 nitrogen and oxygen atoms in total. The minimum atomic E-state index is -3.42. The summed E-state index contributed by atoms with van der Waals surface area (Å²) in [5.41, 5.74) is 0. The molecule has 1 aromatic heterocycles. The van der Waals surface area contributed by atoms with E-state index in [2.05, 4.69) is 21.9 Å². The van der Waals surface area contributed by atoms with Gasteiger partial charge in [0, 0.05) is 25.0 Å². The molecule has 0 unspecified atom stereocenters. The van der Waals surface area contributed by atoms with Crippen LogP contribution in [0.25, 0.3) is 0 Å². The lowest BCUT2D eigenvalue weighted by Crippen LogP contribution is -2.26. The van der Waals surface area contributed by atoms with Crippen LogP contribution >= 0.6 is 11.8 Å². The Morgan fingerprint density at radius 2 is 2.11 bits per heavy atom. The molecule has 0 bridgehead atoms. The van der Waals surface area contributed by atoms with Crippen molar-refractivity contribution in [2.45, 2.75) is 18.2 Å². The average molecular weight is 289 g/mol. The molecular weight excluding hydrogens is 270 g/mol. The Labute approximate surface area is 113 Å². The summed E-state index contributed by atoms with van der Waals surface area (Å²) in [6.45, 7) is 3.31. The van der Waals surface area contributed by atoms with Crippen molar-refractivity contribution in [1.82, 2.24) is 9.71 Å². The Morgan fingerprint density at radius 1 is 1.33 bits per heavy atom. The van der Waals surface area contributed by atoms with E-state index in [4.69, 9.17) is 0 Å². The molecule has 7 heteroatoms. The normalized spacial score (nSPS) is 11.4. The number of pyridine rings is 1. The minimum absolute atomic E-state index is 0.200. The minimum Gasteiger partial charge on any atom is -0.370 e. The Morgan fingerprint density at radius 3 is 2.67 bits per heavy atom. The Balaban J connectivity index is 2.65. The number of rotatable bonds is 8. The molecule has 18 heavy (non-hydrogen) atoms. The summed E-state index contributed by atoms with van der Waals surface area (Å²) in [5, 5.41) is 3.10. The van der Waals surface area contributed by atoms with Gasteiger partial charge in [0.2, 0.25) is 10.0 Å². The lowest BCUT2D eigenvalue weighted by Gasteiger charge is -2.07. The zero-order valence-corrected chi connectivity index (χ0v) is 12.3. The van der Waals surface area contributed by atoms with E-state index in [1.54, 1.807) is 23.9 Å². The maximum atomic E-state index is 11.9. The van der Waals surface area contributed by atoms with Gasteiger partial charge in [0.1, 0.15) is 10.7 Å². The number of nitrogens with zero attached hydrogens (tertiary/aromatic N) is 1. The Kier molecular flexibility index (Phi) is 6.45. The molecule has 0 saturated heterocycles. The fraction of sp³-hybridized carbons (Fsp3) is 0.545. The first-order valence-electron chi connectivity index (χ1n) is 5.78. The summed E-state index contributed by atoms with van der Waals surface area (Å²) in [5.74, 6) is 1.45. The van der Waals surface area contributed by atoms with Crippen LogP contribution in [0, 0.1) is 0 Å². The number of hydrogen-bond acceptors (Lipinski definition) is 5. The molecule has 2 N–H and O–H groups in total. The fourth-order valence-electron chi connectivity index (χ4n) is 1.26. The fourth-order valence-corrected chi connectivity index (χ4v) is 2.67. The van der Waals surface area contributed by atoms with Gasteiger partial charge in [-0.1, -0.05) is 6.92 Å². The van der Waals surface area contributed by atoms with Gasteiger partial charge in [-0.3, -0.25) is 0 Å². The molecule has 0 amide bonds. The zero-order valence-electron chi connectivity index (χ0n) is 10.6. The highest BCUT2D eigenvalue weighted by Gasteiger charge is 2.13. The molecule has 0 atom stereocenters. The van der Waals surface area contributed by atoms with E-state index < -0.39 is 10.0 Å². The quantitative estimate of drug-likeness (QED) is 0.710. The third kappa shape index (κ3) is 4.83. The first-order chi connectivity index (χ1) is 8.60. The maximum absolute atomic E-state index is 11.9. The molecule has 0 aliphatic rings. The predicted molar refractivity (Wildman–Crippen MR) is 76.6 cm³/mol. The molecule has 0 fully saturated rings. The molecule has 1 aromatic rings.